The maximum atomic E-state index is 6.00. The molecule has 0 saturated carbocycles. The van der Waals surface area contributed by atoms with Crippen LogP contribution in [0.5, 0.6) is 0 Å². The molecular weight excluding hydrogens is 136 g/mol. The predicted molar refractivity (Wildman–Crippen MR) is 38.9 cm³/mol. The van der Waals surface area contributed by atoms with Crippen molar-refractivity contribution in [3.8, 4) is 0 Å². The van der Waals surface area contributed by atoms with Crippen molar-refractivity contribution in [1.82, 2.24) is 0 Å². The van der Waals surface area contributed by atoms with Crippen LogP contribution in [0.1, 0.15) is 19.8 Å². The summed E-state index contributed by atoms with van der Waals surface area (Å²) >= 11 is 6.00. The zero-order chi connectivity index (χ0) is 6.69. The van der Waals surface area contributed by atoms with Crippen molar-refractivity contribution in [3.63, 3.8) is 0 Å². The molecule has 1 heterocycles. The molecule has 0 bridgehead atoms. The lowest BCUT2D eigenvalue weighted by molar-refractivity contribution is 0.0563. The maximum Gasteiger partial charge on any atom is 0.0508 e. The fourth-order valence-corrected chi connectivity index (χ4v) is 1.48. The van der Waals surface area contributed by atoms with E-state index in [0.29, 0.717) is 11.3 Å². The van der Waals surface area contributed by atoms with Crippen molar-refractivity contribution < 1.29 is 4.74 Å². The Morgan fingerprint density at radius 2 is 2.44 bits per heavy atom. The van der Waals surface area contributed by atoms with Crippen LogP contribution < -0.4 is 0 Å². The summed E-state index contributed by atoms with van der Waals surface area (Å²) in [5, 5.41) is 0.365. The molecule has 1 aliphatic heterocycles. The lowest BCUT2D eigenvalue weighted by Gasteiger charge is -2.25. The Morgan fingerprint density at radius 1 is 1.67 bits per heavy atom. The molecule has 0 spiro atoms. The summed E-state index contributed by atoms with van der Waals surface area (Å²) in [6.45, 7) is 3.88. The normalized spacial score (nSPS) is 36.7. The Morgan fingerprint density at radius 3 is 2.89 bits per heavy atom. The highest BCUT2D eigenvalue weighted by molar-refractivity contribution is 6.20. The minimum absolute atomic E-state index is 0.365. The van der Waals surface area contributed by atoms with Gasteiger partial charge < -0.3 is 4.74 Å². The maximum absolute atomic E-state index is 6.00. The predicted octanol–water partition coefficient (Wildman–Crippen LogP) is 2.04. The van der Waals surface area contributed by atoms with Gasteiger partial charge in [0.25, 0.3) is 0 Å². The zero-order valence-corrected chi connectivity index (χ0v) is 6.53. The van der Waals surface area contributed by atoms with Gasteiger partial charge in [-0.15, -0.1) is 11.6 Å². The average molecular weight is 149 g/mol. The van der Waals surface area contributed by atoms with Gasteiger partial charge in [-0.1, -0.05) is 6.92 Å². The van der Waals surface area contributed by atoms with Gasteiger partial charge in [0.05, 0.1) is 6.61 Å². The summed E-state index contributed by atoms with van der Waals surface area (Å²) in [5.41, 5.74) is 0. The molecule has 0 amide bonds. The van der Waals surface area contributed by atoms with Crippen molar-refractivity contribution >= 4 is 11.6 Å². The van der Waals surface area contributed by atoms with Crippen LogP contribution in [0.4, 0.5) is 0 Å². The molecule has 2 atom stereocenters. The van der Waals surface area contributed by atoms with Crippen LogP contribution in [0.3, 0.4) is 0 Å². The molecule has 54 valence electrons. The molecule has 0 aromatic heterocycles. The molecule has 0 N–H and O–H groups in total. The van der Waals surface area contributed by atoms with Crippen molar-refractivity contribution in [2.75, 3.05) is 13.2 Å². The Kier molecular flexibility index (Phi) is 2.80. The minimum Gasteiger partial charge on any atom is -0.381 e. The lowest BCUT2D eigenvalue weighted by Crippen LogP contribution is -2.27. The number of ether oxygens (including phenoxy) is 1. The van der Waals surface area contributed by atoms with Crippen molar-refractivity contribution in [2.45, 2.75) is 25.1 Å². The number of hydrogen-bond acceptors (Lipinski definition) is 1. The molecule has 0 radical (unpaired) electrons. The monoisotopic (exact) mass is 148 g/mol. The Hall–Kier alpha value is 0.250. The lowest BCUT2D eigenvalue weighted by atomic mass is 9.99. The molecule has 0 aliphatic carbocycles. The standard InChI is InChI=1S/C7H13ClO/c1-2-6-5-9-4-3-7(6)8/h6-7H,2-5H2,1H3. The Labute approximate surface area is 61.3 Å². The fourth-order valence-electron chi connectivity index (χ4n) is 1.14. The van der Waals surface area contributed by atoms with E-state index in [1.54, 1.807) is 0 Å². The second-order valence-corrected chi connectivity index (χ2v) is 3.11. The number of rotatable bonds is 1. The van der Waals surface area contributed by atoms with E-state index >= 15 is 0 Å². The summed E-state index contributed by atoms with van der Waals surface area (Å²) < 4.78 is 5.26. The van der Waals surface area contributed by atoms with Crippen LogP contribution in [0.25, 0.3) is 0 Å². The molecule has 0 aromatic rings. The van der Waals surface area contributed by atoms with E-state index in [9.17, 15) is 0 Å². The van der Waals surface area contributed by atoms with Gasteiger partial charge in [0.2, 0.25) is 0 Å². The second-order valence-electron chi connectivity index (χ2n) is 2.55. The molecular formula is C7H13ClO. The summed E-state index contributed by atoms with van der Waals surface area (Å²) in [7, 11) is 0. The third-order valence-corrected chi connectivity index (χ3v) is 2.48. The molecule has 2 heteroatoms. The van der Waals surface area contributed by atoms with Gasteiger partial charge in [0.1, 0.15) is 0 Å². The average Bonchev–Trinajstić information content (AvgIpc) is 1.89. The summed E-state index contributed by atoms with van der Waals surface area (Å²) in [4.78, 5) is 0. The first-order chi connectivity index (χ1) is 4.34. The molecule has 9 heavy (non-hydrogen) atoms. The van der Waals surface area contributed by atoms with Crippen molar-refractivity contribution in [2.24, 2.45) is 5.92 Å². The van der Waals surface area contributed by atoms with Gasteiger partial charge in [0.15, 0.2) is 0 Å². The Bertz CT molecular complexity index is 85.0. The van der Waals surface area contributed by atoms with E-state index in [2.05, 4.69) is 6.92 Å². The third-order valence-electron chi connectivity index (χ3n) is 1.91. The van der Waals surface area contributed by atoms with Crippen LogP contribution in [0.15, 0.2) is 0 Å². The topological polar surface area (TPSA) is 9.23 Å². The number of halogens is 1. The summed E-state index contributed by atoms with van der Waals surface area (Å²) in [5.74, 6) is 0.598. The largest absolute Gasteiger partial charge is 0.381 e. The summed E-state index contributed by atoms with van der Waals surface area (Å²) in [6.07, 6.45) is 2.17. The molecule has 1 aliphatic rings. The van der Waals surface area contributed by atoms with Gasteiger partial charge in [-0.3, -0.25) is 0 Å². The van der Waals surface area contributed by atoms with Gasteiger partial charge >= 0.3 is 0 Å². The van der Waals surface area contributed by atoms with E-state index in [4.69, 9.17) is 16.3 Å². The highest BCUT2D eigenvalue weighted by atomic mass is 35.5. The highest BCUT2D eigenvalue weighted by Gasteiger charge is 2.21. The smallest absolute Gasteiger partial charge is 0.0508 e. The first-order valence-electron chi connectivity index (χ1n) is 3.56. The molecule has 2 unspecified atom stereocenters. The first kappa shape index (κ1) is 7.36. The van der Waals surface area contributed by atoms with E-state index in [-0.39, 0.29) is 0 Å². The molecule has 0 aromatic carbocycles. The fraction of sp³-hybridized carbons (Fsp3) is 1.00. The van der Waals surface area contributed by atoms with Gasteiger partial charge in [-0.05, 0) is 18.8 Å². The van der Waals surface area contributed by atoms with Crippen LogP contribution in [0.2, 0.25) is 0 Å². The quantitative estimate of drug-likeness (QED) is 0.518. The van der Waals surface area contributed by atoms with Crippen LogP contribution in [0, 0.1) is 5.92 Å². The Balaban J connectivity index is 2.30. The SMILES string of the molecule is CCC1COCCC1Cl. The zero-order valence-electron chi connectivity index (χ0n) is 5.77. The van der Waals surface area contributed by atoms with E-state index < -0.39 is 0 Å². The molecule has 1 nitrogen and oxygen atoms in total. The number of alkyl halides is 1. The third kappa shape index (κ3) is 1.84. The summed E-state index contributed by atoms with van der Waals surface area (Å²) in [6, 6.07) is 0. The van der Waals surface area contributed by atoms with Crippen LogP contribution in [-0.2, 0) is 4.74 Å². The highest BCUT2D eigenvalue weighted by Crippen LogP contribution is 2.22. The van der Waals surface area contributed by atoms with Gasteiger partial charge in [0, 0.05) is 12.0 Å². The first-order valence-corrected chi connectivity index (χ1v) is 4.00. The second kappa shape index (κ2) is 3.43. The van der Waals surface area contributed by atoms with Crippen molar-refractivity contribution in [3.05, 3.63) is 0 Å². The van der Waals surface area contributed by atoms with Crippen molar-refractivity contribution in [1.29, 1.82) is 0 Å². The molecule has 1 fully saturated rings. The molecule has 1 saturated heterocycles. The van der Waals surface area contributed by atoms with Crippen LogP contribution in [-0.4, -0.2) is 18.6 Å². The van der Waals surface area contributed by atoms with Gasteiger partial charge in [-0.25, -0.2) is 0 Å². The number of hydrogen-bond donors (Lipinski definition) is 0. The van der Waals surface area contributed by atoms with Crippen LogP contribution >= 0.6 is 11.6 Å². The van der Waals surface area contributed by atoms with E-state index in [1.165, 1.54) is 0 Å². The van der Waals surface area contributed by atoms with Gasteiger partial charge in [-0.2, -0.15) is 0 Å². The van der Waals surface area contributed by atoms with E-state index in [0.717, 1.165) is 26.1 Å². The minimum atomic E-state index is 0.365. The van der Waals surface area contributed by atoms with E-state index in [1.807, 2.05) is 0 Å². The molecule has 1 rings (SSSR count).